The van der Waals surface area contributed by atoms with Gasteiger partial charge in [-0.05, 0) is 38.3 Å². The predicted octanol–water partition coefficient (Wildman–Crippen LogP) is 4.74. The van der Waals surface area contributed by atoms with Gasteiger partial charge in [-0.3, -0.25) is 0 Å². The van der Waals surface area contributed by atoms with Gasteiger partial charge in [-0.2, -0.15) is 0 Å². The van der Waals surface area contributed by atoms with E-state index in [4.69, 9.17) is 5.11 Å². The summed E-state index contributed by atoms with van der Waals surface area (Å²) in [4.78, 5) is 24.5. The molecule has 1 aromatic carbocycles. The van der Waals surface area contributed by atoms with Crippen molar-refractivity contribution in [2.45, 2.75) is 59.0 Å². The number of unbranched alkanes of at least 4 members (excludes halogenated alkanes) is 3. The van der Waals surface area contributed by atoms with Gasteiger partial charge in [-0.1, -0.05) is 44.4 Å². The molecule has 118 valence electrons. The van der Waals surface area contributed by atoms with Crippen LogP contribution in [0.3, 0.4) is 0 Å². The molecule has 0 aromatic heterocycles. The maximum atomic E-state index is 10.4. The quantitative estimate of drug-likeness (QED) is 0.427. The van der Waals surface area contributed by atoms with Crippen molar-refractivity contribution in [1.82, 2.24) is 0 Å². The van der Waals surface area contributed by atoms with Crippen molar-refractivity contribution in [1.29, 1.82) is 0 Å². The van der Waals surface area contributed by atoms with E-state index in [2.05, 4.69) is 17.1 Å². The third kappa shape index (κ3) is 9.60. The second kappa shape index (κ2) is 11.9. The number of benzene rings is 1. The Hall–Kier alpha value is -1.91. The van der Waals surface area contributed by atoms with Gasteiger partial charge in [0.1, 0.15) is 6.10 Å². The van der Waals surface area contributed by atoms with Crippen molar-refractivity contribution in [3.63, 3.8) is 0 Å². The van der Waals surface area contributed by atoms with Crippen LogP contribution in [0.15, 0.2) is 29.6 Å². The number of carboxylic acid groups (broad SMARTS) is 1. The van der Waals surface area contributed by atoms with Crippen molar-refractivity contribution < 1.29 is 14.7 Å². The molecule has 1 N–H and O–H groups in total. The van der Waals surface area contributed by atoms with E-state index in [0.717, 1.165) is 18.4 Å². The Bertz CT molecular complexity index is 420. The Labute approximate surface area is 126 Å². The first-order valence-electron chi connectivity index (χ1n) is 7.30. The first kappa shape index (κ1) is 19.1. The van der Waals surface area contributed by atoms with Gasteiger partial charge in [-0.15, -0.1) is 4.91 Å². The molecular formula is C16H25NO4. The van der Waals surface area contributed by atoms with E-state index in [9.17, 15) is 9.70 Å². The topological polar surface area (TPSA) is 76.0 Å². The highest BCUT2D eigenvalue weighted by Crippen LogP contribution is 2.07. The maximum Gasteiger partial charge on any atom is 0.335 e. The number of hydrogen-bond acceptors (Lipinski definition) is 4. The van der Waals surface area contributed by atoms with E-state index in [1.54, 1.807) is 25.1 Å². The minimum Gasteiger partial charge on any atom is -0.478 e. The van der Waals surface area contributed by atoms with E-state index >= 15 is 0 Å². The maximum absolute atomic E-state index is 10.4. The molecule has 0 fully saturated rings. The standard InChI is InChI=1S/C8H17NO2.C8H8O2/c1-3-4-5-6-7-8(2)11-9-10;1-6-4-2-3-5-7(6)8(9)10/h8H,3-7H2,1-2H3;2-5H,1H3,(H,9,10). The lowest BCUT2D eigenvalue weighted by molar-refractivity contribution is 0.0607. The van der Waals surface area contributed by atoms with Crippen LogP contribution in [0.5, 0.6) is 0 Å². The SMILES string of the molecule is CCCCCCC(C)ON=O.Cc1ccccc1C(=O)O. The number of nitrogens with zero attached hydrogens (tertiary/aromatic N) is 1. The Morgan fingerprint density at radius 2 is 1.95 bits per heavy atom. The molecule has 0 saturated carbocycles. The first-order valence-corrected chi connectivity index (χ1v) is 7.30. The fourth-order valence-corrected chi connectivity index (χ4v) is 1.80. The highest BCUT2D eigenvalue weighted by Gasteiger charge is 2.03. The molecule has 0 bridgehead atoms. The van der Waals surface area contributed by atoms with Crippen LogP contribution >= 0.6 is 0 Å². The minimum atomic E-state index is -0.863. The average molecular weight is 295 g/mol. The second-order valence-corrected chi connectivity index (χ2v) is 4.96. The van der Waals surface area contributed by atoms with Gasteiger partial charge in [0.15, 0.2) is 5.34 Å². The van der Waals surface area contributed by atoms with E-state index in [1.807, 2.05) is 13.0 Å². The van der Waals surface area contributed by atoms with Gasteiger partial charge in [0.2, 0.25) is 0 Å². The molecule has 1 atom stereocenters. The van der Waals surface area contributed by atoms with Crippen molar-refractivity contribution in [3.8, 4) is 0 Å². The van der Waals surface area contributed by atoms with E-state index in [0.29, 0.717) is 5.56 Å². The number of hydrogen-bond donors (Lipinski definition) is 1. The van der Waals surface area contributed by atoms with Crippen LogP contribution < -0.4 is 0 Å². The number of rotatable bonds is 8. The predicted molar refractivity (Wildman–Crippen MR) is 83.2 cm³/mol. The highest BCUT2D eigenvalue weighted by molar-refractivity contribution is 5.89. The summed E-state index contributed by atoms with van der Waals surface area (Å²) in [5, 5.41) is 11.0. The number of aryl methyl sites for hydroxylation is 1. The molecule has 1 rings (SSSR count). The molecule has 21 heavy (non-hydrogen) atoms. The van der Waals surface area contributed by atoms with Gasteiger partial charge < -0.3 is 9.94 Å². The van der Waals surface area contributed by atoms with Crippen molar-refractivity contribution >= 4 is 5.97 Å². The van der Waals surface area contributed by atoms with Crippen LogP contribution in [0, 0.1) is 11.8 Å². The number of carboxylic acids is 1. The second-order valence-electron chi connectivity index (χ2n) is 4.96. The molecule has 0 aliphatic heterocycles. The summed E-state index contributed by atoms with van der Waals surface area (Å²) in [6, 6.07) is 6.92. The van der Waals surface area contributed by atoms with Gasteiger partial charge >= 0.3 is 5.97 Å². The van der Waals surface area contributed by atoms with Gasteiger partial charge in [0.05, 0.1) is 5.56 Å². The van der Waals surface area contributed by atoms with Crippen LogP contribution in [0.1, 0.15) is 61.9 Å². The summed E-state index contributed by atoms with van der Waals surface area (Å²) < 4.78 is 0. The molecule has 0 heterocycles. The van der Waals surface area contributed by atoms with Gasteiger partial charge in [-0.25, -0.2) is 4.79 Å². The molecule has 1 unspecified atom stereocenters. The molecule has 0 aliphatic carbocycles. The van der Waals surface area contributed by atoms with E-state index in [-0.39, 0.29) is 6.10 Å². The molecule has 0 amide bonds. The van der Waals surface area contributed by atoms with E-state index < -0.39 is 5.97 Å². The number of aromatic carboxylic acids is 1. The fourth-order valence-electron chi connectivity index (χ4n) is 1.80. The monoisotopic (exact) mass is 295 g/mol. The van der Waals surface area contributed by atoms with Gasteiger partial charge in [0, 0.05) is 0 Å². The normalized spacial score (nSPS) is 11.0. The van der Waals surface area contributed by atoms with E-state index in [1.165, 1.54) is 19.3 Å². The zero-order valence-electron chi connectivity index (χ0n) is 13.0. The minimum absolute atomic E-state index is 0.00986. The van der Waals surface area contributed by atoms with Crippen LogP contribution in [0.4, 0.5) is 0 Å². The summed E-state index contributed by atoms with van der Waals surface area (Å²) >= 11 is 0. The molecule has 1 aromatic rings. The molecule has 0 saturated heterocycles. The van der Waals surface area contributed by atoms with Gasteiger partial charge in [0.25, 0.3) is 0 Å². The average Bonchev–Trinajstić information content (AvgIpc) is 2.45. The molecule has 0 radical (unpaired) electrons. The first-order chi connectivity index (χ1) is 10.0. The zero-order chi connectivity index (χ0) is 16.1. The Balaban J connectivity index is 0.000000382. The molecule has 5 nitrogen and oxygen atoms in total. The zero-order valence-corrected chi connectivity index (χ0v) is 13.0. The smallest absolute Gasteiger partial charge is 0.335 e. The summed E-state index contributed by atoms with van der Waals surface area (Å²) in [7, 11) is 0. The van der Waals surface area contributed by atoms with Crippen LogP contribution in [0.25, 0.3) is 0 Å². The summed E-state index contributed by atoms with van der Waals surface area (Å²) in [5.74, 6) is -0.863. The lowest BCUT2D eigenvalue weighted by Gasteiger charge is -2.05. The molecule has 0 spiro atoms. The van der Waals surface area contributed by atoms with Crippen LogP contribution in [0.2, 0.25) is 0 Å². The number of carbonyl (C=O) groups is 1. The lowest BCUT2D eigenvalue weighted by Crippen LogP contribution is -2.02. The Morgan fingerprint density at radius 3 is 2.43 bits per heavy atom. The van der Waals surface area contributed by atoms with Crippen molar-refractivity contribution in [2.24, 2.45) is 5.34 Å². The summed E-state index contributed by atoms with van der Waals surface area (Å²) in [6.45, 7) is 5.82. The third-order valence-corrected chi connectivity index (χ3v) is 3.06. The molecule has 0 aliphatic rings. The van der Waals surface area contributed by atoms with Crippen molar-refractivity contribution in [2.75, 3.05) is 0 Å². The van der Waals surface area contributed by atoms with Crippen LogP contribution in [-0.2, 0) is 4.84 Å². The lowest BCUT2D eigenvalue weighted by atomic mass is 10.1. The molecule has 5 heteroatoms. The molecular weight excluding hydrogens is 270 g/mol. The largest absolute Gasteiger partial charge is 0.478 e. The Kier molecular flexibility index (Phi) is 10.8. The Morgan fingerprint density at radius 1 is 1.29 bits per heavy atom. The van der Waals surface area contributed by atoms with Crippen molar-refractivity contribution in [3.05, 3.63) is 40.3 Å². The van der Waals surface area contributed by atoms with Crippen LogP contribution in [-0.4, -0.2) is 17.2 Å². The summed E-state index contributed by atoms with van der Waals surface area (Å²) in [6.07, 6.45) is 5.78. The third-order valence-electron chi connectivity index (χ3n) is 3.06. The highest BCUT2D eigenvalue weighted by atomic mass is 16.7. The fraction of sp³-hybridized carbons (Fsp3) is 0.562. The summed E-state index contributed by atoms with van der Waals surface area (Å²) in [5.41, 5.74) is 1.18.